The molecular weight excluding hydrogens is 436 g/mol. The van der Waals surface area contributed by atoms with E-state index in [1.807, 2.05) is 35.7 Å². The van der Waals surface area contributed by atoms with Crippen molar-refractivity contribution >= 4 is 29.0 Å². The maximum Gasteiger partial charge on any atom is 0.231 e. The fourth-order valence-corrected chi connectivity index (χ4v) is 5.07. The molecule has 1 saturated heterocycles. The molecule has 3 aromatic rings. The van der Waals surface area contributed by atoms with Crippen LogP contribution in [0.4, 0.5) is 0 Å². The molecule has 1 N–H and O–H groups in total. The third kappa shape index (κ3) is 4.70. The first kappa shape index (κ1) is 20.3. The van der Waals surface area contributed by atoms with Crippen molar-refractivity contribution in [1.29, 1.82) is 0 Å². The molecule has 1 amide bonds. The zero-order chi connectivity index (χ0) is 21.0. The van der Waals surface area contributed by atoms with Crippen LogP contribution in [-0.2, 0) is 22.6 Å². The van der Waals surface area contributed by atoms with Crippen molar-refractivity contribution in [2.75, 3.05) is 19.2 Å². The monoisotopic (exact) mass is 458 g/mol. The lowest BCUT2D eigenvalue weighted by Gasteiger charge is -2.14. The molecule has 0 aliphatic carbocycles. The van der Waals surface area contributed by atoms with Crippen molar-refractivity contribution in [3.63, 3.8) is 0 Å². The molecule has 1 aromatic carbocycles. The number of hydrogen-bond donors (Lipinski definition) is 1. The Bertz CT molecular complexity index is 1050. The zero-order valence-electron chi connectivity index (χ0n) is 16.8. The van der Waals surface area contributed by atoms with E-state index in [1.165, 1.54) is 11.8 Å². The van der Waals surface area contributed by atoms with E-state index in [9.17, 15) is 4.79 Å². The number of thioether (sulfide) groups is 1. The summed E-state index contributed by atoms with van der Waals surface area (Å²) in [6.45, 7) is 2.16. The third-order valence-electron chi connectivity index (χ3n) is 5.13. The van der Waals surface area contributed by atoms with Gasteiger partial charge in [0.2, 0.25) is 12.7 Å². The third-order valence-corrected chi connectivity index (χ3v) is 6.96. The van der Waals surface area contributed by atoms with Gasteiger partial charge in [-0.15, -0.1) is 21.5 Å². The lowest BCUT2D eigenvalue weighted by molar-refractivity contribution is -0.118. The van der Waals surface area contributed by atoms with Crippen LogP contribution in [-0.4, -0.2) is 45.9 Å². The van der Waals surface area contributed by atoms with Gasteiger partial charge in [0.25, 0.3) is 0 Å². The molecule has 0 unspecified atom stereocenters. The second-order valence-corrected chi connectivity index (χ2v) is 9.17. The van der Waals surface area contributed by atoms with Gasteiger partial charge in [0.1, 0.15) is 0 Å². The first-order chi connectivity index (χ1) is 15.3. The summed E-state index contributed by atoms with van der Waals surface area (Å²) in [6.07, 6.45) is 2.27. The second-order valence-electron chi connectivity index (χ2n) is 7.28. The van der Waals surface area contributed by atoms with E-state index < -0.39 is 0 Å². The minimum Gasteiger partial charge on any atom is -0.454 e. The molecular formula is C21H22N4O4S2. The predicted octanol–water partition coefficient (Wildman–Crippen LogP) is 3.32. The zero-order valence-corrected chi connectivity index (χ0v) is 18.4. The molecule has 8 nitrogen and oxygen atoms in total. The number of nitrogens with one attached hydrogen (secondary N) is 1. The van der Waals surface area contributed by atoms with E-state index in [0.717, 1.165) is 46.6 Å². The Morgan fingerprint density at radius 2 is 2.19 bits per heavy atom. The highest BCUT2D eigenvalue weighted by molar-refractivity contribution is 7.99. The summed E-state index contributed by atoms with van der Waals surface area (Å²) in [5, 5.41) is 14.5. The molecule has 0 radical (unpaired) electrons. The Morgan fingerprint density at radius 3 is 3.03 bits per heavy atom. The number of fused-ring (bicyclic) bond motifs is 1. The standard InChI is InChI=1S/C21H22N4O4S2/c26-19(22-10-14-5-6-16-17(9-14)29-13-28-16)12-31-21-24-23-20(18-4-2-8-30-18)25(21)11-15-3-1-7-27-15/h2,4-6,8-9,15H,1,3,7,10-13H2,(H,22,26)/t15-/m0/s1. The van der Waals surface area contributed by atoms with Gasteiger partial charge in [-0.1, -0.05) is 23.9 Å². The number of amides is 1. The predicted molar refractivity (Wildman–Crippen MR) is 117 cm³/mol. The highest BCUT2D eigenvalue weighted by Crippen LogP contribution is 2.32. The quantitative estimate of drug-likeness (QED) is 0.518. The molecule has 10 heteroatoms. The van der Waals surface area contributed by atoms with Crippen molar-refractivity contribution in [2.45, 2.75) is 37.2 Å². The average molecular weight is 459 g/mol. The van der Waals surface area contributed by atoms with E-state index in [4.69, 9.17) is 14.2 Å². The highest BCUT2D eigenvalue weighted by Gasteiger charge is 2.22. The summed E-state index contributed by atoms with van der Waals surface area (Å²) in [7, 11) is 0. The summed E-state index contributed by atoms with van der Waals surface area (Å²) >= 11 is 3.02. The summed E-state index contributed by atoms with van der Waals surface area (Å²) in [5.41, 5.74) is 0.962. The summed E-state index contributed by atoms with van der Waals surface area (Å²) < 4.78 is 18.6. The summed E-state index contributed by atoms with van der Waals surface area (Å²) in [6, 6.07) is 9.71. The fourth-order valence-electron chi connectivity index (χ4n) is 3.57. The molecule has 2 aliphatic rings. The van der Waals surface area contributed by atoms with E-state index in [0.29, 0.717) is 18.8 Å². The second kappa shape index (κ2) is 9.29. The van der Waals surface area contributed by atoms with E-state index in [2.05, 4.69) is 20.1 Å². The molecule has 2 aliphatic heterocycles. The maximum atomic E-state index is 12.4. The number of rotatable bonds is 8. The van der Waals surface area contributed by atoms with Gasteiger partial charge >= 0.3 is 0 Å². The minimum absolute atomic E-state index is 0.0630. The number of nitrogens with zero attached hydrogens (tertiary/aromatic N) is 3. The van der Waals surface area contributed by atoms with E-state index in [-0.39, 0.29) is 24.6 Å². The Hall–Kier alpha value is -2.56. The molecule has 31 heavy (non-hydrogen) atoms. The number of carbonyl (C=O) groups is 1. The van der Waals surface area contributed by atoms with Crippen LogP contribution < -0.4 is 14.8 Å². The lowest BCUT2D eigenvalue weighted by Crippen LogP contribution is -2.25. The van der Waals surface area contributed by atoms with Crippen molar-refractivity contribution < 1.29 is 19.0 Å². The van der Waals surface area contributed by atoms with Crippen molar-refractivity contribution in [1.82, 2.24) is 20.1 Å². The van der Waals surface area contributed by atoms with Crippen LogP contribution in [0.25, 0.3) is 10.7 Å². The van der Waals surface area contributed by atoms with Gasteiger partial charge in [0.15, 0.2) is 22.5 Å². The fraction of sp³-hybridized carbons (Fsp3) is 0.381. The largest absolute Gasteiger partial charge is 0.454 e. The number of aromatic nitrogens is 3. The van der Waals surface area contributed by atoms with Gasteiger partial charge in [-0.05, 0) is 42.0 Å². The number of hydrogen-bond acceptors (Lipinski definition) is 8. The van der Waals surface area contributed by atoms with Crippen molar-refractivity contribution in [3.8, 4) is 22.2 Å². The normalized spacial score (nSPS) is 17.2. The molecule has 4 heterocycles. The summed E-state index contributed by atoms with van der Waals surface area (Å²) in [4.78, 5) is 13.5. The van der Waals surface area contributed by atoms with Gasteiger partial charge in [-0.25, -0.2) is 0 Å². The van der Waals surface area contributed by atoms with Crippen LogP contribution in [0.2, 0.25) is 0 Å². The Labute approximate surface area is 187 Å². The van der Waals surface area contributed by atoms with Crippen LogP contribution in [0.5, 0.6) is 11.5 Å². The van der Waals surface area contributed by atoms with Crippen molar-refractivity contribution in [3.05, 3.63) is 41.3 Å². The van der Waals surface area contributed by atoms with Gasteiger partial charge in [0.05, 0.1) is 23.3 Å². The number of benzene rings is 1. The Kier molecular flexibility index (Phi) is 6.10. The first-order valence-electron chi connectivity index (χ1n) is 10.1. The molecule has 5 rings (SSSR count). The van der Waals surface area contributed by atoms with Gasteiger partial charge in [-0.3, -0.25) is 9.36 Å². The molecule has 162 valence electrons. The van der Waals surface area contributed by atoms with Gasteiger partial charge in [-0.2, -0.15) is 0 Å². The summed E-state index contributed by atoms with van der Waals surface area (Å²) in [5.74, 6) is 2.47. The van der Waals surface area contributed by atoms with Gasteiger partial charge in [0, 0.05) is 13.2 Å². The Morgan fingerprint density at radius 1 is 1.26 bits per heavy atom. The lowest BCUT2D eigenvalue weighted by atomic mass is 10.2. The smallest absolute Gasteiger partial charge is 0.231 e. The molecule has 1 atom stereocenters. The maximum absolute atomic E-state index is 12.4. The molecule has 0 spiro atoms. The molecule has 0 saturated carbocycles. The van der Waals surface area contributed by atoms with Crippen LogP contribution in [0.15, 0.2) is 40.9 Å². The van der Waals surface area contributed by atoms with Crippen LogP contribution in [0, 0.1) is 0 Å². The highest BCUT2D eigenvalue weighted by atomic mass is 32.2. The van der Waals surface area contributed by atoms with E-state index in [1.54, 1.807) is 11.3 Å². The van der Waals surface area contributed by atoms with Crippen molar-refractivity contribution in [2.24, 2.45) is 0 Å². The first-order valence-corrected chi connectivity index (χ1v) is 12.0. The van der Waals surface area contributed by atoms with Crippen LogP contribution >= 0.6 is 23.1 Å². The minimum atomic E-state index is -0.0630. The van der Waals surface area contributed by atoms with Gasteiger partial charge < -0.3 is 19.5 Å². The number of carbonyl (C=O) groups excluding carboxylic acids is 1. The molecule has 0 bridgehead atoms. The topological polar surface area (TPSA) is 87.5 Å². The van der Waals surface area contributed by atoms with E-state index >= 15 is 0 Å². The van der Waals surface area contributed by atoms with Crippen LogP contribution in [0.3, 0.4) is 0 Å². The molecule has 1 fully saturated rings. The van der Waals surface area contributed by atoms with Crippen LogP contribution in [0.1, 0.15) is 18.4 Å². The average Bonchev–Trinajstić information content (AvgIpc) is 3.58. The Balaban J connectivity index is 1.21. The number of thiophene rings is 1. The number of ether oxygens (including phenoxy) is 3. The molecule has 2 aromatic heterocycles. The SMILES string of the molecule is O=C(CSc1nnc(-c2cccs2)n1C[C@@H]1CCCO1)NCc1ccc2c(c1)OCO2.